The third-order valence-electron chi connectivity index (χ3n) is 30.1. The lowest BCUT2D eigenvalue weighted by Crippen LogP contribution is -2.32. The first kappa shape index (κ1) is 85.5. The summed E-state index contributed by atoms with van der Waals surface area (Å²) in [5, 5.41) is 10.8. The molecule has 0 radical (unpaired) electrons. The van der Waals surface area contributed by atoms with Gasteiger partial charge in [-0.1, -0.05) is 126 Å². The molecule has 688 valence electrons. The third-order valence-corrected chi connectivity index (χ3v) is 30.1. The van der Waals surface area contributed by atoms with E-state index in [9.17, 15) is 0 Å². The number of aromatic nitrogens is 10. The van der Waals surface area contributed by atoms with Crippen LogP contribution in [0.2, 0.25) is 0 Å². The van der Waals surface area contributed by atoms with E-state index in [-0.39, 0.29) is 5.56 Å². The quantitative estimate of drug-likeness (QED) is 0.115. The zero-order chi connectivity index (χ0) is 97.8. The number of hydrogen-bond acceptors (Lipinski definition) is 10. The van der Waals surface area contributed by atoms with Crippen molar-refractivity contribution >= 4 is 110 Å². The molecule has 0 saturated heterocycles. The van der Waals surface area contributed by atoms with Crippen LogP contribution in [0.3, 0.4) is 0 Å². The molecule has 0 N–H and O–H groups in total. The van der Waals surface area contributed by atoms with Crippen molar-refractivity contribution in [2.75, 3.05) is 0 Å². The molecule has 0 aliphatic heterocycles. The maximum absolute atomic E-state index is 9.11. The van der Waals surface area contributed by atoms with Crippen molar-refractivity contribution in [3.05, 3.63) is 296 Å². The minimum absolute atomic E-state index is 0.271. The number of aryl methyl sites for hydroxylation is 19. The average Bonchev–Trinajstić information content (AvgIpc) is 1.52. The Morgan fingerprint density at radius 3 is 0.890 bits per heavy atom. The lowest BCUT2D eigenvalue weighted by atomic mass is 9.91. The van der Waals surface area contributed by atoms with Crippen LogP contribution >= 0.6 is 0 Å². The van der Waals surface area contributed by atoms with Gasteiger partial charge in [0.1, 0.15) is 35.2 Å². The van der Waals surface area contributed by atoms with Gasteiger partial charge in [0, 0.05) is 147 Å². The first-order chi connectivity index (χ1) is 67.4. The zero-order valence-corrected chi connectivity index (χ0v) is 82.4. The van der Waals surface area contributed by atoms with Crippen LogP contribution in [0.15, 0.2) is 217 Å². The molecule has 15 heterocycles. The van der Waals surface area contributed by atoms with Gasteiger partial charge in [0.25, 0.3) is 0 Å². The Hall–Kier alpha value is -13.4. The second-order valence-corrected chi connectivity index (χ2v) is 39.4. The summed E-state index contributed by atoms with van der Waals surface area (Å²) in [7, 11) is 10.5. The van der Waals surface area contributed by atoms with E-state index in [0.29, 0.717) is 35.5 Å². The number of hydrogen-bond donors (Lipinski definition) is 0. The van der Waals surface area contributed by atoms with E-state index < -0.39 is 12.7 Å². The van der Waals surface area contributed by atoms with Crippen LogP contribution in [0.1, 0.15) is 246 Å². The van der Waals surface area contributed by atoms with Gasteiger partial charge < -0.3 is 22.1 Å². The lowest BCUT2D eigenvalue weighted by Gasteiger charge is -2.14. The van der Waals surface area contributed by atoms with Crippen molar-refractivity contribution in [1.82, 2.24) is 24.9 Å². The highest BCUT2D eigenvalue weighted by Gasteiger charge is 2.34. The molecule has 20 aromatic rings. The van der Waals surface area contributed by atoms with Crippen LogP contribution in [-0.4, -0.2) is 24.9 Å². The molecule has 0 spiro atoms. The van der Waals surface area contributed by atoms with Crippen molar-refractivity contribution in [2.24, 2.45) is 35.2 Å². The van der Waals surface area contributed by atoms with E-state index in [1.807, 2.05) is 69.6 Å². The van der Waals surface area contributed by atoms with Gasteiger partial charge in [-0.15, -0.1) is 0 Å². The second kappa shape index (κ2) is 37.4. The SMILES string of the molecule is CCc1cc(-c2c(C)ccc3c2oc2ncccc23)[n+](C)cc1CC.Cc1cc(-c2c(C)ccc3c2oc2ncccc23)[n+](C)cc1C1CCCC1.Cc1ccc2c(n1)oc1c(-c3cc(C)c(C4CCCC4)c[n+]3C)c(C)ccc12.Cc1ccc2c(n1)oc1c(-c3cc(C)c(C4CCCC4)c[n+]3C)c(C)ccc12.[2H]C([2H])([2H])c1c[n+](C)c(-c2c(C)ccc3c2oc2nc(C)ccc23)cc1C1([2H])CCCC1. The van der Waals surface area contributed by atoms with Crippen molar-refractivity contribution in [1.29, 1.82) is 0 Å². The smallest absolute Gasteiger partial charge is 0.227 e. The Morgan fingerprint density at radius 1 is 0.287 bits per heavy atom. The van der Waals surface area contributed by atoms with Gasteiger partial charge in [0.15, 0.2) is 58.9 Å². The van der Waals surface area contributed by atoms with Gasteiger partial charge in [0.05, 0.1) is 27.8 Å². The summed E-state index contributed by atoms with van der Waals surface area (Å²) in [6, 6.07) is 53.2. The highest BCUT2D eigenvalue weighted by atomic mass is 16.4. The van der Waals surface area contributed by atoms with Gasteiger partial charge >= 0.3 is 0 Å². The molecule has 15 heteroatoms. The molecule has 5 aromatic carbocycles. The number of pyridine rings is 10. The minimum atomic E-state index is -2.27. The van der Waals surface area contributed by atoms with Crippen LogP contribution in [0, 0.1) is 83.0 Å². The standard InChI is InChI=1S/3C25H27N2O.C24H25N2O.C22H23N2O/c1-15-9-11-19-20-12-10-17(3)26-25(20)28-24(19)23(15)22-13-21(16(2)14-27(22)4)18-7-5-6-8-18;2*1-15-9-11-19-20-12-10-17(3)26-25(20)28-24(19)23(15)22-13-16(2)21(14-27(22)4)18-7-5-6-8-18;1-15-10-11-18-19-9-6-12-25-24(19)27-23(18)22(15)21-13-16(2)20(14-26(21)3)17-7-4-5-8-17;1-5-15-12-19(24(4)13-16(15)6-2)20-14(3)9-10-17-18-8-7-11-23-22(18)25-21(17)20/h3*9-14,18H,5-8H2,1-4H3;6,9-14,17H,4-5,7-8H2,1-3H3;7-13H,5-6H2,1-4H3/q5*+1/i2D3,18D;;;;. The summed E-state index contributed by atoms with van der Waals surface area (Å²) >= 11 is 0. The fourth-order valence-electron chi connectivity index (χ4n) is 22.8. The summed E-state index contributed by atoms with van der Waals surface area (Å²) in [5.41, 5.74) is 40.4. The Labute approximate surface area is 804 Å². The van der Waals surface area contributed by atoms with E-state index in [0.717, 1.165) is 176 Å². The van der Waals surface area contributed by atoms with Gasteiger partial charge in [-0.05, 0) is 287 Å². The second-order valence-electron chi connectivity index (χ2n) is 39.4. The third kappa shape index (κ3) is 16.8. The fraction of sp³-hybridized carbons (Fsp3) is 0.339. The highest BCUT2D eigenvalue weighted by Crippen LogP contribution is 2.47. The molecule has 136 heavy (non-hydrogen) atoms. The van der Waals surface area contributed by atoms with E-state index >= 15 is 0 Å². The minimum Gasteiger partial charge on any atom is -0.437 e. The van der Waals surface area contributed by atoms with Crippen LogP contribution < -0.4 is 22.8 Å². The lowest BCUT2D eigenvalue weighted by molar-refractivity contribution is -0.661. The molecular formula is C121H129N10O5+5. The van der Waals surface area contributed by atoms with Crippen LogP contribution in [0.4, 0.5) is 0 Å². The number of nitrogens with zero attached hydrogens (tertiary/aromatic N) is 10. The molecule has 4 saturated carbocycles. The number of fused-ring (bicyclic) bond motifs is 15. The largest absolute Gasteiger partial charge is 0.437 e. The van der Waals surface area contributed by atoms with Gasteiger partial charge in [-0.2, -0.15) is 0 Å². The first-order valence-electron chi connectivity index (χ1n) is 51.4. The Kier molecular flexibility index (Phi) is 23.5. The first-order valence-corrected chi connectivity index (χ1v) is 49.4. The molecule has 0 unspecified atom stereocenters. The van der Waals surface area contributed by atoms with Gasteiger partial charge in [-0.25, -0.2) is 47.8 Å². The van der Waals surface area contributed by atoms with Crippen molar-refractivity contribution in [2.45, 2.75) is 236 Å². The molecular weight excluding hydrogens is 1670 g/mol. The van der Waals surface area contributed by atoms with Crippen LogP contribution in [0.25, 0.3) is 167 Å². The normalized spacial score (nSPS) is 15.2. The van der Waals surface area contributed by atoms with Crippen LogP contribution in [0.5, 0.6) is 0 Å². The Balaban J connectivity index is 0.000000108. The van der Waals surface area contributed by atoms with E-state index in [1.165, 1.54) is 183 Å². The van der Waals surface area contributed by atoms with E-state index in [2.05, 4.69) is 280 Å². The Bertz CT molecular complexity index is 8100. The predicted octanol–water partition coefficient (Wildman–Crippen LogP) is 28.8. The predicted molar refractivity (Wildman–Crippen MR) is 551 cm³/mol. The molecule has 0 amide bonds. The topological polar surface area (TPSA) is 150 Å². The highest BCUT2D eigenvalue weighted by molar-refractivity contribution is 6.13. The fourth-order valence-corrected chi connectivity index (χ4v) is 22.8. The summed E-state index contributed by atoms with van der Waals surface area (Å²) in [4.78, 5) is 22.6. The van der Waals surface area contributed by atoms with Crippen molar-refractivity contribution < 1.29 is 50.4 Å². The molecule has 15 nitrogen and oxygen atoms in total. The molecule has 4 aliphatic rings. The summed E-state index contributed by atoms with van der Waals surface area (Å²) < 4.78 is 75.6. The molecule has 4 aliphatic carbocycles. The van der Waals surface area contributed by atoms with Crippen LogP contribution in [-0.2, 0) is 48.1 Å². The van der Waals surface area contributed by atoms with Gasteiger partial charge in [-0.3, -0.25) is 0 Å². The number of furan rings is 5. The molecule has 4 fully saturated rings. The number of benzene rings is 5. The maximum atomic E-state index is 9.11. The molecule has 0 bridgehead atoms. The van der Waals surface area contributed by atoms with Crippen molar-refractivity contribution in [3.8, 4) is 56.3 Å². The Morgan fingerprint density at radius 2 is 0.566 bits per heavy atom. The van der Waals surface area contributed by atoms with Gasteiger partial charge in [0.2, 0.25) is 57.0 Å². The zero-order valence-electron chi connectivity index (χ0n) is 86.4. The average molecular weight is 1810 g/mol. The molecule has 0 atom stereocenters. The van der Waals surface area contributed by atoms with E-state index in [1.54, 1.807) is 18.6 Å². The maximum Gasteiger partial charge on any atom is 0.227 e. The number of rotatable bonds is 11. The summed E-state index contributed by atoms with van der Waals surface area (Å²) in [5.74, 6) is 1.28. The summed E-state index contributed by atoms with van der Waals surface area (Å²) in [6.07, 6.45) is 36.0. The van der Waals surface area contributed by atoms with Crippen molar-refractivity contribution in [3.63, 3.8) is 0 Å². The summed E-state index contributed by atoms with van der Waals surface area (Å²) in [6.45, 7) is 25.6. The molecule has 15 aromatic heterocycles. The monoisotopic (exact) mass is 1810 g/mol. The van der Waals surface area contributed by atoms with E-state index in [4.69, 9.17) is 27.6 Å². The molecule has 24 rings (SSSR count).